The van der Waals surface area contributed by atoms with E-state index >= 15 is 4.39 Å². The van der Waals surface area contributed by atoms with Crippen molar-refractivity contribution in [3.8, 4) is 23.2 Å². The van der Waals surface area contributed by atoms with Gasteiger partial charge in [-0.05, 0) is 49.9 Å². The van der Waals surface area contributed by atoms with E-state index in [0.717, 1.165) is 36.8 Å². The molecule has 4 saturated heterocycles. The van der Waals surface area contributed by atoms with Crippen molar-refractivity contribution in [1.29, 1.82) is 5.26 Å². The molecule has 8 nitrogen and oxygen atoms in total. The lowest BCUT2D eigenvalue weighted by Crippen LogP contribution is -2.56. The van der Waals surface area contributed by atoms with Crippen LogP contribution in [-0.2, 0) is 0 Å². The number of benzene rings is 2. The van der Waals surface area contributed by atoms with Gasteiger partial charge in [0.15, 0.2) is 5.82 Å². The lowest BCUT2D eigenvalue weighted by atomic mass is 9.95. The third kappa shape index (κ3) is 5.42. The highest BCUT2D eigenvalue weighted by Gasteiger charge is 2.50. The van der Waals surface area contributed by atoms with Crippen LogP contribution in [0.4, 0.5) is 37.2 Å². The number of thiophene rings is 1. The fraction of sp³-hybridized carbons (Fsp3) is 0.485. The average molecular weight is 722 g/mol. The Labute approximate surface area is 286 Å². The predicted octanol–water partition coefficient (Wildman–Crippen LogP) is 7.07. The molecule has 2 aromatic carbocycles. The standard InChI is InChI=1S/C33H30ClF6N7OS/c34-22-8-20-27(26(37)25(22)19-4-5-23(36)28-24(19)21(10-41)29(42)49-28)43-31(48-15-32-6-1-7-46(32)11-16(35)9-32)44-30(20)45-12-17-2-3-18(13-45)47(17)14-33(38,39)40/h4-5,8,16-18H,1-3,6-7,9,11-15,42H2/t16-,17-,18+,32+/m1/s1. The second-order valence-corrected chi connectivity index (χ2v) is 14.9. The van der Waals surface area contributed by atoms with Gasteiger partial charge in [-0.15, -0.1) is 11.3 Å². The van der Waals surface area contributed by atoms with Gasteiger partial charge in [0.05, 0.1) is 27.4 Å². The molecule has 0 amide bonds. The number of nitrogen functional groups attached to an aromatic ring is 1. The second-order valence-electron chi connectivity index (χ2n) is 13.5. The van der Waals surface area contributed by atoms with Crippen LogP contribution in [0.1, 0.15) is 37.7 Å². The van der Waals surface area contributed by atoms with Crippen molar-refractivity contribution in [2.75, 3.05) is 50.0 Å². The molecule has 4 aliphatic rings. The maximum Gasteiger partial charge on any atom is 0.401 e. The fourth-order valence-corrected chi connectivity index (χ4v) is 9.74. The van der Waals surface area contributed by atoms with Gasteiger partial charge in [0.2, 0.25) is 0 Å². The topological polar surface area (TPSA) is 94.5 Å². The zero-order valence-corrected chi connectivity index (χ0v) is 27.5. The Morgan fingerprint density at radius 3 is 2.61 bits per heavy atom. The average Bonchev–Trinajstić information content (AvgIpc) is 3.73. The minimum atomic E-state index is -4.35. The summed E-state index contributed by atoms with van der Waals surface area (Å²) in [7, 11) is 0. The highest BCUT2D eigenvalue weighted by Crippen LogP contribution is 2.47. The van der Waals surface area contributed by atoms with Crippen LogP contribution in [0, 0.1) is 23.0 Å². The zero-order chi connectivity index (χ0) is 34.4. The monoisotopic (exact) mass is 721 g/mol. The number of halogens is 7. The van der Waals surface area contributed by atoms with E-state index in [4.69, 9.17) is 27.1 Å². The molecule has 2 bridgehead atoms. The molecule has 2 aromatic heterocycles. The van der Waals surface area contributed by atoms with Crippen LogP contribution >= 0.6 is 22.9 Å². The van der Waals surface area contributed by atoms with Gasteiger partial charge in [0, 0.05) is 54.5 Å². The van der Waals surface area contributed by atoms with E-state index < -0.39 is 48.1 Å². The summed E-state index contributed by atoms with van der Waals surface area (Å²) in [5.74, 6) is -1.24. The summed E-state index contributed by atoms with van der Waals surface area (Å²) in [5.41, 5.74) is 5.33. The highest BCUT2D eigenvalue weighted by molar-refractivity contribution is 7.23. The first-order valence-electron chi connectivity index (χ1n) is 16.1. The van der Waals surface area contributed by atoms with Crippen molar-refractivity contribution in [3.63, 3.8) is 0 Å². The minimum Gasteiger partial charge on any atom is -0.461 e. The maximum atomic E-state index is 17.0. The number of fused-ring (bicyclic) bond motifs is 5. The summed E-state index contributed by atoms with van der Waals surface area (Å²) in [6, 6.07) is 4.99. The number of alkyl halides is 4. The summed E-state index contributed by atoms with van der Waals surface area (Å²) in [4.78, 5) is 14.6. The molecule has 49 heavy (non-hydrogen) atoms. The van der Waals surface area contributed by atoms with Gasteiger partial charge < -0.3 is 15.4 Å². The van der Waals surface area contributed by atoms with Crippen LogP contribution in [0.3, 0.4) is 0 Å². The summed E-state index contributed by atoms with van der Waals surface area (Å²) in [5, 5.41) is 10.2. The fourth-order valence-electron chi connectivity index (χ4n) is 8.50. The molecule has 258 valence electrons. The Morgan fingerprint density at radius 2 is 1.90 bits per heavy atom. The van der Waals surface area contributed by atoms with Crippen molar-refractivity contribution in [1.82, 2.24) is 19.8 Å². The number of rotatable bonds is 6. The number of hydrogen-bond acceptors (Lipinski definition) is 9. The zero-order valence-electron chi connectivity index (χ0n) is 26.0. The lowest BCUT2D eigenvalue weighted by molar-refractivity contribution is -0.153. The largest absolute Gasteiger partial charge is 0.461 e. The summed E-state index contributed by atoms with van der Waals surface area (Å²) < 4.78 is 92.9. The first-order valence-corrected chi connectivity index (χ1v) is 17.3. The number of ether oxygens (including phenoxy) is 1. The molecule has 4 fully saturated rings. The number of hydrogen-bond donors (Lipinski definition) is 1. The number of nitrogens with zero attached hydrogens (tertiary/aromatic N) is 6. The van der Waals surface area contributed by atoms with E-state index in [9.17, 15) is 27.2 Å². The maximum absolute atomic E-state index is 17.0. The lowest BCUT2D eigenvalue weighted by Gasteiger charge is -2.42. The second kappa shape index (κ2) is 11.8. The predicted molar refractivity (Wildman–Crippen MR) is 175 cm³/mol. The van der Waals surface area contributed by atoms with Crippen molar-refractivity contribution in [2.45, 2.75) is 62.1 Å². The molecule has 6 heterocycles. The van der Waals surface area contributed by atoms with Gasteiger partial charge in [-0.3, -0.25) is 9.80 Å². The van der Waals surface area contributed by atoms with E-state index in [0.29, 0.717) is 19.4 Å². The van der Waals surface area contributed by atoms with Crippen LogP contribution in [-0.4, -0.2) is 89.1 Å². The first-order chi connectivity index (χ1) is 23.4. The van der Waals surface area contributed by atoms with Gasteiger partial charge in [-0.25, -0.2) is 13.2 Å². The van der Waals surface area contributed by atoms with Crippen LogP contribution in [0.2, 0.25) is 5.02 Å². The van der Waals surface area contributed by atoms with Crippen molar-refractivity contribution < 1.29 is 31.1 Å². The van der Waals surface area contributed by atoms with Gasteiger partial charge in [0.1, 0.15) is 41.0 Å². The highest BCUT2D eigenvalue weighted by atomic mass is 35.5. The molecular formula is C33H30ClF6N7OS. The van der Waals surface area contributed by atoms with Crippen molar-refractivity contribution in [2.24, 2.45) is 0 Å². The molecule has 0 unspecified atom stereocenters. The SMILES string of the molecule is N#Cc1c(N)sc2c(F)ccc(-c3c(Cl)cc4c(N5C[C@H]6CC[C@@H](C5)N6CC(F)(F)F)nc(OC[C@@]56CCCN5C[C@H](F)C6)nc4c3F)c12. The van der Waals surface area contributed by atoms with E-state index in [1.54, 1.807) is 0 Å². The third-order valence-corrected chi connectivity index (χ3v) is 11.9. The normalized spacial score (nSPS) is 25.8. The Morgan fingerprint density at radius 1 is 1.14 bits per heavy atom. The molecule has 0 spiro atoms. The van der Waals surface area contributed by atoms with E-state index in [-0.39, 0.29) is 85.6 Å². The van der Waals surface area contributed by atoms with E-state index in [2.05, 4.69) is 9.88 Å². The third-order valence-electron chi connectivity index (χ3n) is 10.6. The minimum absolute atomic E-state index is 0.00669. The van der Waals surface area contributed by atoms with Gasteiger partial charge >= 0.3 is 12.2 Å². The van der Waals surface area contributed by atoms with Crippen LogP contribution in [0.5, 0.6) is 6.01 Å². The number of nitriles is 1. The molecule has 16 heteroatoms. The Kier molecular flexibility index (Phi) is 7.82. The molecule has 4 aromatic rings. The Hall–Kier alpha value is -3.58. The van der Waals surface area contributed by atoms with E-state index in [1.807, 2.05) is 11.0 Å². The van der Waals surface area contributed by atoms with Crippen molar-refractivity contribution in [3.05, 3.63) is 40.4 Å². The van der Waals surface area contributed by atoms with Crippen molar-refractivity contribution >= 4 is 54.7 Å². The van der Waals surface area contributed by atoms with Gasteiger partial charge in [-0.1, -0.05) is 17.7 Å². The molecule has 4 atom stereocenters. The van der Waals surface area contributed by atoms with E-state index in [1.165, 1.54) is 17.0 Å². The molecule has 0 radical (unpaired) electrons. The molecule has 0 saturated carbocycles. The van der Waals surface area contributed by atoms with Crippen LogP contribution in [0.15, 0.2) is 18.2 Å². The Balaban J connectivity index is 1.26. The molecule has 2 N–H and O–H groups in total. The Bertz CT molecular complexity index is 2020. The summed E-state index contributed by atoms with van der Waals surface area (Å²) >= 11 is 7.67. The van der Waals surface area contributed by atoms with Crippen LogP contribution in [0.25, 0.3) is 32.1 Å². The summed E-state index contributed by atoms with van der Waals surface area (Å²) in [6.45, 7) is 0.509. The molecule has 0 aliphatic carbocycles. The summed E-state index contributed by atoms with van der Waals surface area (Å²) in [6.07, 6.45) is -2.33. The van der Waals surface area contributed by atoms with Crippen LogP contribution < -0.4 is 15.4 Å². The quantitative estimate of drug-likeness (QED) is 0.212. The van der Waals surface area contributed by atoms with Gasteiger partial charge in [0.25, 0.3) is 0 Å². The molecule has 8 rings (SSSR count). The first kappa shape index (κ1) is 32.6. The number of nitrogens with two attached hydrogens (primary N) is 1. The smallest absolute Gasteiger partial charge is 0.401 e. The number of anilines is 2. The molecule has 4 aliphatic heterocycles. The number of piperazine rings is 1. The number of aromatic nitrogens is 2. The molecular weight excluding hydrogens is 692 g/mol. The van der Waals surface area contributed by atoms with Gasteiger partial charge in [-0.2, -0.15) is 28.4 Å².